The SMILES string of the molecule is CC(C)CCC(=O)NCC(=O)Nc1ccccc1N. The van der Waals surface area contributed by atoms with Gasteiger partial charge in [-0.3, -0.25) is 9.59 Å². The van der Waals surface area contributed by atoms with Crippen LogP contribution in [0.4, 0.5) is 11.4 Å². The maximum Gasteiger partial charge on any atom is 0.243 e. The molecule has 0 saturated carbocycles. The highest BCUT2D eigenvalue weighted by Gasteiger charge is 2.07. The second-order valence-corrected chi connectivity index (χ2v) is 4.84. The zero-order chi connectivity index (χ0) is 14.3. The number of amides is 2. The van der Waals surface area contributed by atoms with E-state index in [2.05, 4.69) is 24.5 Å². The number of hydrogen-bond donors (Lipinski definition) is 3. The Morgan fingerprint density at radius 1 is 1.21 bits per heavy atom. The van der Waals surface area contributed by atoms with Crippen molar-refractivity contribution in [2.24, 2.45) is 5.92 Å². The van der Waals surface area contributed by atoms with Gasteiger partial charge >= 0.3 is 0 Å². The van der Waals surface area contributed by atoms with Crippen molar-refractivity contribution in [1.29, 1.82) is 0 Å². The van der Waals surface area contributed by atoms with Crippen LogP contribution >= 0.6 is 0 Å². The highest BCUT2D eigenvalue weighted by atomic mass is 16.2. The highest BCUT2D eigenvalue weighted by molar-refractivity contribution is 5.96. The van der Waals surface area contributed by atoms with Crippen molar-refractivity contribution in [2.45, 2.75) is 26.7 Å². The fourth-order valence-electron chi connectivity index (χ4n) is 1.49. The lowest BCUT2D eigenvalue weighted by atomic mass is 10.1. The molecule has 0 saturated heterocycles. The average molecular weight is 263 g/mol. The van der Waals surface area contributed by atoms with Crippen LogP contribution in [-0.2, 0) is 9.59 Å². The third-order valence-electron chi connectivity index (χ3n) is 2.63. The van der Waals surface area contributed by atoms with Gasteiger partial charge in [-0.2, -0.15) is 0 Å². The molecule has 0 aliphatic carbocycles. The molecule has 0 heterocycles. The van der Waals surface area contributed by atoms with Crippen LogP contribution in [0.3, 0.4) is 0 Å². The van der Waals surface area contributed by atoms with Crippen molar-refractivity contribution in [3.63, 3.8) is 0 Å². The molecular weight excluding hydrogens is 242 g/mol. The summed E-state index contributed by atoms with van der Waals surface area (Å²) in [5, 5.41) is 5.24. The molecule has 5 nitrogen and oxygen atoms in total. The molecule has 1 aromatic carbocycles. The molecule has 0 fully saturated rings. The second kappa shape index (κ2) is 7.41. The first kappa shape index (κ1) is 15.0. The molecular formula is C14H21N3O2. The Kier molecular flexibility index (Phi) is 5.85. The van der Waals surface area contributed by atoms with Crippen LogP contribution in [0.15, 0.2) is 24.3 Å². The summed E-state index contributed by atoms with van der Waals surface area (Å²) in [6.07, 6.45) is 1.26. The number of rotatable bonds is 6. The Balaban J connectivity index is 2.32. The fourth-order valence-corrected chi connectivity index (χ4v) is 1.49. The largest absolute Gasteiger partial charge is 0.397 e. The van der Waals surface area contributed by atoms with Gasteiger partial charge in [-0.25, -0.2) is 0 Å². The Bertz CT molecular complexity index is 444. The third-order valence-corrected chi connectivity index (χ3v) is 2.63. The first-order chi connectivity index (χ1) is 8.99. The van der Waals surface area contributed by atoms with Gasteiger partial charge in [0.05, 0.1) is 17.9 Å². The minimum Gasteiger partial charge on any atom is -0.397 e. The van der Waals surface area contributed by atoms with Gasteiger partial charge in [-0.1, -0.05) is 26.0 Å². The van der Waals surface area contributed by atoms with Crippen molar-refractivity contribution in [3.8, 4) is 0 Å². The van der Waals surface area contributed by atoms with Crippen molar-refractivity contribution in [2.75, 3.05) is 17.6 Å². The van der Waals surface area contributed by atoms with Gasteiger partial charge < -0.3 is 16.4 Å². The normalized spacial score (nSPS) is 10.3. The lowest BCUT2D eigenvalue weighted by Crippen LogP contribution is -2.33. The van der Waals surface area contributed by atoms with Gasteiger partial charge in [0.2, 0.25) is 11.8 Å². The van der Waals surface area contributed by atoms with E-state index in [1.807, 2.05) is 0 Å². The van der Waals surface area contributed by atoms with E-state index in [1.54, 1.807) is 24.3 Å². The summed E-state index contributed by atoms with van der Waals surface area (Å²) in [4.78, 5) is 23.1. The van der Waals surface area contributed by atoms with E-state index in [0.29, 0.717) is 23.7 Å². The molecule has 0 aromatic heterocycles. The molecule has 104 valence electrons. The van der Waals surface area contributed by atoms with Gasteiger partial charge in [0.25, 0.3) is 0 Å². The first-order valence-electron chi connectivity index (χ1n) is 6.40. The minimum absolute atomic E-state index is 0.0364. The number of nitrogens with two attached hydrogens (primary N) is 1. The molecule has 0 bridgehead atoms. The molecule has 0 radical (unpaired) electrons. The molecule has 0 atom stereocenters. The van der Waals surface area contributed by atoms with Crippen molar-refractivity contribution in [3.05, 3.63) is 24.3 Å². The molecule has 0 spiro atoms. The van der Waals surface area contributed by atoms with Crippen LogP contribution in [0.2, 0.25) is 0 Å². The van der Waals surface area contributed by atoms with Crippen molar-refractivity contribution < 1.29 is 9.59 Å². The van der Waals surface area contributed by atoms with Gasteiger partial charge in [0.1, 0.15) is 0 Å². The van der Waals surface area contributed by atoms with Crippen LogP contribution in [0, 0.1) is 5.92 Å². The molecule has 0 aliphatic heterocycles. The minimum atomic E-state index is -0.282. The Labute approximate surface area is 113 Å². The van der Waals surface area contributed by atoms with E-state index in [1.165, 1.54) is 0 Å². The fraction of sp³-hybridized carbons (Fsp3) is 0.429. The standard InChI is InChI=1S/C14H21N3O2/c1-10(2)7-8-13(18)16-9-14(19)17-12-6-4-3-5-11(12)15/h3-6,10H,7-9,15H2,1-2H3,(H,16,18)(H,17,19). The van der Waals surface area contributed by atoms with Crippen LogP contribution in [0.1, 0.15) is 26.7 Å². The Morgan fingerprint density at radius 2 is 1.89 bits per heavy atom. The first-order valence-corrected chi connectivity index (χ1v) is 6.40. The number of benzene rings is 1. The van der Waals surface area contributed by atoms with Gasteiger partial charge in [-0.05, 0) is 24.5 Å². The zero-order valence-corrected chi connectivity index (χ0v) is 11.4. The molecule has 4 N–H and O–H groups in total. The molecule has 1 rings (SSSR count). The highest BCUT2D eigenvalue weighted by Crippen LogP contribution is 2.16. The van der Waals surface area contributed by atoms with E-state index >= 15 is 0 Å². The van der Waals surface area contributed by atoms with E-state index in [4.69, 9.17) is 5.73 Å². The summed E-state index contributed by atoms with van der Waals surface area (Å²) in [6, 6.07) is 7.00. The van der Waals surface area contributed by atoms with Crippen LogP contribution in [0.5, 0.6) is 0 Å². The number of anilines is 2. The predicted molar refractivity (Wildman–Crippen MR) is 76.6 cm³/mol. The maximum atomic E-state index is 11.6. The van der Waals surface area contributed by atoms with E-state index in [0.717, 1.165) is 6.42 Å². The summed E-state index contributed by atoms with van der Waals surface area (Å²) in [6.45, 7) is 4.07. The number of hydrogen-bond acceptors (Lipinski definition) is 3. The monoisotopic (exact) mass is 263 g/mol. The van der Waals surface area contributed by atoms with Gasteiger partial charge in [0.15, 0.2) is 0 Å². The van der Waals surface area contributed by atoms with Gasteiger partial charge in [0, 0.05) is 6.42 Å². The zero-order valence-electron chi connectivity index (χ0n) is 11.4. The van der Waals surface area contributed by atoms with E-state index < -0.39 is 0 Å². The topological polar surface area (TPSA) is 84.2 Å². The summed E-state index contributed by atoms with van der Waals surface area (Å²) >= 11 is 0. The van der Waals surface area contributed by atoms with Crippen LogP contribution < -0.4 is 16.4 Å². The molecule has 0 unspecified atom stereocenters. The number of para-hydroxylation sites is 2. The van der Waals surface area contributed by atoms with E-state index in [-0.39, 0.29) is 18.4 Å². The molecule has 2 amide bonds. The van der Waals surface area contributed by atoms with Crippen LogP contribution in [-0.4, -0.2) is 18.4 Å². The summed E-state index contributed by atoms with van der Waals surface area (Å²) < 4.78 is 0. The quantitative estimate of drug-likeness (QED) is 0.684. The third kappa shape index (κ3) is 5.90. The molecule has 0 aliphatic rings. The molecule has 1 aromatic rings. The summed E-state index contributed by atoms with van der Waals surface area (Å²) in [5.41, 5.74) is 6.76. The second-order valence-electron chi connectivity index (χ2n) is 4.84. The Morgan fingerprint density at radius 3 is 2.53 bits per heavy atom. The average Bonchev–Trinajstić information content (AvgIpc) is 2.36. The predicted octanol–water partition coefficient (Wildman–Crippen LogP) is 1.76. The van der Waals surface area contributed by atoms with Gasteiger partial charge in [-0.15, -0.1) is 0 Å². The Hall–Kier alpha value is -2.04. The van der Waals surface area contributed by atoms with Crippen LogP contribution in [0.25, 0.3) is 0 Å². The number of carbonyl (C=O) groups excluding carboxylic acids is 2. The lowest BCUT2D eigenvalue weighted by Gasteiger charge is -2.09. The number of nitrogen functional groups attached to an aromatic ring is 1. The lowest BCUT2D eigenvalue weighted by molar-refractivity contribution is -0.124. The molecule has 5 heteroatoms. The van der Waals surface area contributed by atoms with E-state index in [9.17, 15) is 9.59 Å². The maximum absolute atomic E-state index is 11.6. The smallest absolute Gasteiger partial charge is 0.243 e. The summed E-state index contributed by atoms with van der Waals surface area (Å²) in [5.74, 6) is 0.0874. The van der Waals surface area contributed by atoms with Crippen molar-refractivity contribution in [1.82, 2.24) is 5.32 Å². The summed E-state index contributed by atoms with van der Waals surface area (Å²) in [7, 11) is 0. The number of carbonyl (C=O) groups is 2. The molecule has 19 heavy (non-hydrogen) atoms. The number of nitrogens with one attached hydrogen (secondary N) is 2. The van der Waals surface area contributed by atoms with Crippen molar-refractivity contribution >= 4 is 23.2 Å².